The summed E-state index contributed by atoms with van der Waals surface area (Å²) in [4.78, 5) is 14.8. The molecule has 0 spiro atoms. The normalized spacial score (nSPS) is 22.4. The van der Waals surface area contributed by atoms with Gasteiger partial charge in [-0.1, -0.05) is 13.8 Å². The summed E-state index contributed by atoms with van der Waals surface area (Å²) >= 11 is 0. The van der Waals surface area contributed by atoms with Crippen molar-refractivity contribution in [3.05, 3.63) is 0 Å². The SMILES string of the molecule is CCC(CC)(CN)C(=O)N1CC(C)(C)OC(C)(C)C1. The molecule has 0 aromatic rings. The Morgan fingerprint density at radius 3 is 1.89 bits per heavy atom. The zero-order chi connectivity index (χ0) is 14.9. The lowest BCUT2D eigenvalue weighted by atomic mass is 9.80. The molecule has 0 radical (unpaired) electrons. The van der Waals surface area contributed by atoms with Crippen molar-refractivity contribution >= 4 is 5.91 Å². The molecule has 1 fully saturated rings. The molecule has 1 amide bonds. The van der Waals surface area contributed by atoms with Crippen LogP contribution in [-0.2, 0) is 9.53 Å². The zero-order valence-electron chi connectivity index (χ0n) is 13.4. The summed E-state index contributed by atoms with van der Waals surface area (Å²) in [6, 6.07) is 0. The molecular weight excluding hydrogens is 240 g/mol. The van der Waals surface area contributed by atoms with Gasteiger partial charge in [-0.3, -0.25) is 4.79 Å². The van der Waals surface area contributed by atoms with Crippen molar-refractivity contribution in [1.29, 1.82) is 0 Å². The Hall–Kier alpha value is -0.610. The molecule has 4 nitrogen and oxygen atoms in total. The van der Waals surface area contributed by atoms with E-state index in [-0.39, 0.29) is 17.1 Å². The van der Waals surface area contributed by atoms with Crippen LogP contribution in [0.15, 0.2) is 0 Å². The van der Waals surface area contributed by atoms with E-state index in [1.54, 1.807) is 0 Å². The zero-order valence-corrected chi connectivity index (χ0v) is 13.4. The number of morpholine rings is 1. The van der Waals surface area contributed by atoms with E-state index < -0.39 is 5.41 Å². The van der Waals surface area contributed by atoms with Crippen molar-refractivity contribution in [2.75, 3.05) is 19.6 Å². The summed E-state index contributed by atoms with van der Waals surface area (Å²) in [5.74, 6) is 0.185. The largest absolute Gasteiger partial charge is 0.366 e. The Labute approximate surface area is 117 Å². The molecule has 2 N–H and O–H groups in total. The summed E-state index contributed by atoms with van der Waals surface area (Å²) in [6.07, 6.45) is 1.58. The lowest BCUT2D eigenvalue weighted by molar-refractivity contribution is -0.193. The Morgan fingerprint density at radius 1 is 1.16 bits per heavy atom. The molecule has 4 heteroatoms. The number of hydrogen-bond acceptors (Lipinski definition) is 3. The molecule has 0 unspecified atom stereocenters. The molecule has 19 heavy (non-hydrogen) atoms. The third-order valence-corrected chi connectivity index (χ3v) is 4.18. The van der Waals surface area contributed by atoms with E-state index in [2.05, 4.69) is 0 Å². The molecule has 1 aliphatic rings. The van der Waals surface area contributed by atoms with Crippen molar-refractivity contribution in [3.63, 3.8) is 0 Å². The Kier molecular flexibility index (Phi) is 4.68. The van der Waals surface area contributed by atoms with Crippen molar-refractivity contribution in [1.82, 2.24) is 4.90 Å². The standard InChI is InChI=1S/C15H30N2O2/c1-7-15(8-2,9-16)12(18)17-10-13(3,4)19-14(5,6)11-17/h7-11,16H2,1-6H3. The van der Waals surface area contributed by atoms with Gasteiger partial charge in [-0.25, -0.2) is 0 Å². The topological polar surface area (TPSA) is 55.6 Å². The van der Waals surface area contributed by atoms with Gasteiger partial charge in [-0.05, 0) is 40.5 Å². The summed E-state index contributed by atoms with van der Waals surface area (Å²) in [6.45, 7) is 13.9. The van der Waals surface area contributed by atoms with Gasteiger partial charge in [0, 0.05) is 19.6 Å². The molecule has 0 aliphatic carbocycles. The minimum absolute atomic E-state index is 0.185. The van der Waals surface area contributed by atoms with Gasteiger partial charge in [-0.2, -0.15) is 0 Å². The molecule has 0 atom stereocenters. The number of carbonyl (C=O) groups is 1. The Morgan fingerprint density at radius 2 is 1.58 bits per heavy atom. The summed E-state index contributed by atoms with van der Waals surface area (Å²) in [5, 5.41) is 0. The average molecular weight is 270 g/mol. The van der Waals surface area contributed by atoms with Crippen LogP contribution in [0.2, 0.25) is 0 Å². The predicted molar refractivity (Wildman–Crippen MR) is 77.9 cm³/mol. The van der Waals surface area contributed by atoms with Crippen LogP contribution >= 0.6 is 0 Å². The van der Waals surface area contributed by atoms with Gasteiger partial charge in [-0.15, -0.1) is 0 Å². The van der Waals surface area contributed by atoms with E-state index >= 15 is 0 Å². The molecule has 1 rings (SSSR count). The maximum Gasteiger partial charge on any atom is 0.230 e. The maximum absolute atomic E-state index is 12.9. The lowest BCUT2D eigenvalue weighted by Crippen LogP contribution is -2.61. The maximum atomic E-state index is 12.9. The minimum Gasteiger partial charge on any atom is -0.366 e. The van der Waals surface area contributed by atoms with Gasteiger partial charge in [0.05, 0.1) is 16.6 Å². The van der Waals surface area contributed by atoms with Crippen LogP contribution in [0.5, 0.6) is 0 Å². The predicted octanol–water partition coefficient (Wildman–Crippen LogP) is 2.17. The third kappa shape index (κ3) is 3.48. The average Bonchev–Trinajstić information content (AvgIpc) is 2.27. The van der Waals surface area contributed by atoms with E-state index in [0.29, 0.717) is 19.6 Å². The number of carbonyl (C=O) groups excluding carboxylic acids is 1. The lowest BCUT2D eigenvalue weighted by Gasteiger charge is -2.49. The highest BCUT2D eigenvalue weighted by molar-refractivity contribution is 5.83. The van der Waals surface area contributed by atoms with Crippen LogP contribution in [0.1, 0.15) is 54.4 Å². The van der Waals surface area contributed by atoms with E-state index in [9.17, 15) is 4.79 Å². The highest BCUT2D eigenvalue weighted by atomic mass is 16.5. The summed E-state index contributed by atoms with van der Waals surface area (Å²) < 4.78 is 6.03. The van der Waals surface area contributed by atoms with Gasteiger partial charge >= 0.3 is 0 Å². The summed E-state index contributed by atoms with van der Waals surface area (Å²) in [7, 11) is 0. The van der Waals surface area contributed by atoms with Crippen molar-refractivity contribution in [3.8, 4) is 0 Å². The van der Waals surface area contributed by atoms with E-state index in [4.69, 9.17) is 10.5 Å². The first-order chi connectivity index (χ1) is 8.61. The van der Waals surface area contributed by atoms with E-state index in [1.165, 1.54) is 0 Å². The number of ether oxygens (including phenoxy) is 1. The fraction of sp³-hybridized carbons (Fsp3) is 0.933. The number of nitrogens with two attached hydrogens (primary N) is 1. The first kappa shape index (κ1) is 16.4. The summed E-state index contributed by atoms with van der Waals surface area (Å²) in [5.41, 5.74) is 4.87. The minimum atomic E-state index is -0.413. The van der Waals surface area contributed by atoms with Crippen LogP contribution < -0.4 is 5.73 Å². The van der Waals surface area contributed by atoms with Gasteiger partial charge in [0.1, 0.15) is 0 Å². The van der Waals surface area contributed by atoms with Crippen LogP contribution in [0, 0.1) is 5.41 Å². The molecule has 0 saturated carbocycles. The molecular formula is C15H30N2O2. The second-order valence-electron chi connectivity index (χ2n) is 6.97. The number of amides is 1. The van der Waals surface area contributed by atoms with Gasteiger partial charge in [0.15, 0.2) is 0 Å². The van der Waals surface area contributed by atoms with E-state index in [1.807, 2.05) is 46.4 Å². The highest BCUT2D eigenvalue weighted by Crippen LogP contribution is 2.33. The smallest absolute Gasteiger partial charge is 0.230 e. The Balaban J connectivity index is 2.98. The first-order valence-electron chi connectivity index (χ1n) is 7.31. The Bertz CT molecular complexity index is 309. The van der Waals surface area contributed by atoms with E-state index in [0.717, 1.165) is 12.8 Å². The quantitative estimate of drug-likeness (QED) is 0.851. The number of nitrogens with zero attached hydrogens (tertiary/aromatic N) is 1. The molecule has 1 heterocycles. The number of rotatable bonds is 4. The van der Waals surface area contributed by atoms with Crippen LogP contribution in [0.25, 0.3) is 0 Å². The van der Waals surface area contributed by atoms with Crippen molar-refractivity contribution in [2.45, 2.75) is 65.6 Å². The molecule has 1 aliphatic heterocycles. The monoisotopic (exact) mass is 270 g/mol. The fourth-order valence-corrected chi connectivity index (χ4v) is 3.20. The van der Waals surface area contributed by atoms with Gasteiger partial charge in [0.25, 0.3) is 0 Å². The molecule has 0 aromatic carbocycles. The fourth-order valence-electron chi connectivity index (χ4n) is 3.20. The van der Waals surface area contributed by atoms with Crippen molar-refractivity contribution in [2.24, 2.45) is 11.1 Å². The molecule has 112 valence electrons. The first-order valence-corrected chi connectivity index (χ1v) is 7.31. The molecule has 1 saturated heterocycles. The second-order valence-corrected chi connectivity index (χ2v) is 6.97. The van der Waals surface area contributed by atoms with Crippen LogP contribution in [0.3, 0.4) is 0 Å². The van der Waals surface area contributed by atoms with Crippen molar-refractivity contribution < 1.29 is 9.53 Å². The second kappa shape index (κ2) is 5.41. The molecule has 0 bridgehead atoms. The van der Waals surface area contributed by atoms with Crippen LogP contribution in [0.4, 0.5) is 0 Å². The third-order valence-electron chi connectivity index (χ3n) is 4.18. The van der Waals surface area contributed by atoms with Gasteiger partial charge < -0.3 is 15.4 Å². The number of hydrogen-bond donors (Lipinski definition) is 1. The molecule has 0 aromatic heterocycles. The highest BCUT2D eigenvalue weighted by Gasteiger charge is 2.45. The van der Waals surface area contributed by atoms with Gasteiger partial charge in [0.2, 0.25) is 5.91 Å². The van der Waals surface area contributed by atoms with Crippen LogP contribution in [-0.4, -0.2) is 41.6 Å².